The number of fused-ring (bicyclic) bond motifs is 1. The number of benzene rings is 2. The molecule has 0 spiro atoms. The first-order valence-electron chi connectivity index (χ1n) is 11.4. The predicted octanol–water partition coefficient (Wildman–Crippen LogP) is 4.87. The van der Waals surface area contributed by atoms with Crippen LogP contribution < -0.4 is 9.80 Å². The molecule has 1 unspecified atom stereocenters. The van der Waals surface area contributed by atoms with Gasteiger partial charge in [0.25, 0.3) is 0 Å². The zero-order valence-electron chi connectivity index (χ0n) is 18.2. The molecule has 2 aliphatic heterocycles. The number of anilines is 2. The summed E-state index contributed by atoms with van der Waals surface area (Å²) in [5.74, 6) is 0.748. The Balaban J connectivity index is 1.26. The van der Waals surface area contributed by atoms with Gasteiger partial charge in [0.15, 0.2) is 5.82 Å². The highest BCUT2D eigenvalue weighted by molar-refractivity contribution is 5.97. The number of hydrogen-bond acceptors (Lipinski definition) is 4. The van der Waals surface area contributed by atoms with Gasteiger partial charge in [-0.3, -0.25) is 4.79 Å². The lowest BCUT2D eigenvalue weighted by Crippen LogP contribution is -2.48. The van der Waals surface area contributed by atoms with Crippen LogP contribution in [0.25, 0.3) is 11.3 Å². The molecule has 2 aliphatic rings. The molecule has 0 saturated carbocycles. The maximum Gasteiger partial charge on any atom is 0.230 e. The summed E-state index contributed by atoms with van der Waals surface area (Å²) < 4.78 is 13.7. The summed E-state index contributed by atoms with van der Waals surface area (Å²) in [4.78, 5) is 17.6. The molecule has 3 heterocycles. The second kappa shape index (κ2) is 8.69. The molecule has 1 aromatic heterocycles. The molecular formula is C26H27FN4O. The van der Waals surface area contributed by atoms with E-state index in [1.54, 1.807) is 12.1 Å². The van der Waals surface area contributed by atoms with Crippen LogP contribution in [0.1, 0.15) is 31.7 Å². The van der Waals surface area contributed by atoms with Gasteiger partial charge in [0.2, 0.25) is 5.91 Å². The molecule has 5 rings (SSSR count). The Bertz CT molecular complexity index is 1090. The van der Waals surface area contributed by atoms with E-state index in [0.29, 0.717) is 0 Å². The van der Waals surface area contributed by atoms with Crippen LogP contribution in [0.2, 0.25) is 0 Å². The van der Waals surface area contributed by atoms with Crippen molar-refractivity contribution in [3.05, 3.63) is 72.0 Å². The van der Waals surface area contributed by atoms with E-state index in [1.807, 2.05) is 47.4 Å². The van der Waals surface area contributed by atoms with E-state index in [2.05, 4.69) is 22.0 Å². The van der Waals surface area contributed by atoms with Crippen molar-refractivity contribution in [3.8, 4) is 11.3 Å². The number of nitrogens with zero attached hydrogens (tertiary/aromatic N) is 4. The normalized spacial score (nSPS) is 19.0. The third-order valence-corrected chi connectivity index (χ3v) is 6.70. The number of halogens is 1. The Morgan fingerprint density at radius 1 is 0.969 bits per heavy atom. The van der Waals surface area contributed by atoms with Crippen molar-refractivity contribution in [3.63, 3.8) is 0 Å². The SMILES string of the molecule is CC1CCc2cc(F)ccc2N1C(=O)C1CCN(c2ccc(-c3ccccc3)nn2)CC1. The monoisotopic (exact) mass is 430 g/mol. The first-order chi connectivity index (χ1) is 15.6. The second-order valence-corrected chi connectivity index (χ2v) is 8.77. The molecule has 2 aromatic carbocycles. The van der Waals surface area contributed by atoms with Crippen LogP contribution in [-0.4, -0.2) is 35.2 Å². The van der Waals surface area contributed by atoms with E-state index >= 15 is 0 Å². The number of piperidine rings is 1. The van der Waals surface area contributed by atoms with E-state index in [9.17, 15) is 9.18 Å². The summed E-state index contributed by atoms with van der Waals surface area (Å²) in [7, 11) is 0. The van der Waals surface area contributed by atoms with E-state index in [1.165, 1.54) is 6.07 Å². The van der Waals surface area contributed by atoms with Gasteiger partial charge in [-0.25, -0.2) is 4.39 Å². The fraction of sp³-hybridized carbons (Fsp3) is 0.346. The summed E-state index contributed by atoms with van der Waals surface area (Å²) in [6.45, 7) is 3.63. The molecule has 0 aliphatic carbocycles. The van der Waals surface area contributed by atoms with Crippen molar-refractivity contribution in [2.24, 2.45) is 5.92 Å². The van der Waals surface area contributed by atoms with Crippen LogP contribution in [0.5, 0.6) is 0 Å². The van der Waals surface area contributed by atoms with Crippen LogP contribution in [0.4, 0.5) is 15.9 Å². The van der Waals surface area contributed by atoms with Gasteiger partial charge in [-0.15, -0.1) is 10.2 Å². The van der Waals surface area contributed by atoms with Crippen molar-refractivity contribution in [1.29, 1.82) is 0 Å². The lowest BCUT2D eigenvalue weighted by Gasteiger charge is -2.39. The van der Waals surface area contributed by atoms with Gasteiger partial charge in [-0.05, 0) is 68.5 Å². The zero-order chi connectivity index (χ0) is 22.1. The summed E-state index contributed by atoms with van der Waals surface area (Å²) in [5, 5.41) is 8.83. The van der Waals surface area contributed by atoms with Crippen molar-refractivity contribution < 1.29 is 9.18 Å². The Hall–Kier alpha value is -3.28. The first kappa shape index (κ1) is 20.6. The molecule has 1 fully saturated rings. The van der Waals surface area contributed by atoms with Crippen LogP contribution in [-0.2, 0) is 11.2 Å². The van der Waals surface area contributed by atoms with E-state index in [0.717, 1.165) is 67.1 Å². The highest BCUT2D eigenvalue weighted by atomic mass is 19.1. The van der Waals surface area contributed by atoms with Crippen molar-refractivity contribution >= 4 is 17.4 Å². The fourth-order valence-electron chi connectivity index (χ4n) is 4.87. The molecule has 3 aromatic rings. The third kappa shape index (κ3) is 3.97. The number of aromatic nitrogens is 2. The van der Waals surface area contributed by atoms with Gasteiger partial charge < -0.3 is 9.80 Å². The molecule has 1 amide bonds. The van der Waals surface area contributed by atoms with E-state index < -0.39 is 0 Å². The Morgan fingerprint density at radius 2 is 1.75 bits per heavy atom. The lowest BCUT2D eigenvalue weighted by molar-refractivity contribution is -0.123. The van der Waals surface area contributed by atoms with Crippen LogP contribution in [0, 0.1) is 11.7 Å². The van der Waals surface area contributed by atoms with Gasteiger partial charge >= 0.3 is 0 Å². The molecule has 1 atom stereocenters. The molecule has 5 nitrogen and oxygen atoms in total. The summed E-state index contributed by atoms with van der Waals surface area (Å²) in [5.41, 5.74) is 3.71. The minimum atomic E-state index is -0.238. The maximum absolute atomic E-state index is 13.7. The van der Waals surface area contributed by atoms with Gasteiger partial charge in [-0.1, -0.05) is 30.3 Å². The Kier molecular flexibility index (Phi) is 5.60. The molecule has 6 heteroatoms. The number of rotatable bonds is 3. The molecule has 0 radical (unpaired) electrons. The number of hydrogen-bond donors (Lipinski definition) is 0. The van der Waals surface area contributed by atoms with Crippen molar-refractivity contribution in [2.45, 2.75) is 38.6 Å². The molecule has 1 saturated heterocycles. The number of carbonyl (C=O) groups is 1. The Labute approximate surface area is 187 Å². The minimum Gasteiger partial charge on any atom is -0.355 e. The number of carbonyl (C=O) groups excluding carboxylic acids is 1. The van der Waals surface area contributed by atoms with Gasteiger partial charge in [0.1, 0.15) is 5.82 Å². The lowest BCUT2D eigenvalue weighted by atomic mass is 9.90. The number of amides is 1. The van der Waals surface area contributed by atoms with E-state index in [-0.39, 0.29) is 23.7 Å². The van der Waals surface area contributed by atoms with Crippen LogP contribution in [0.15, 0.2) is 60.7 Å². The molecule has 164 valence electrons. The average molecular weight is 431 g/mol. The topological polar surface area (TPSA) is 49.3 Å². The highest BCUT2D eigenvalue weighted by Crippen LogP contribution is 2.34. The average Bonchev–Trinajstić information content (AvgIpc) is 2.84. The van der Waals surface area contributed by atoms with E-state index in [4.69, 9.17) is 0 Å². The first-order valence-corrected chi connectivity index (χ1v) is 11.4. The second-order valence-electron chi connectivity index (χ2n) is 8.77. The maximum atomic E-state index is 13.7. The largest absolute Gasteiger partial charge is 0.355 e. The van der Waals surface area contributed by atoms with Crippen molar-refractivity contribution in [2.75, 3.05) is 22.9 Å². The highest BCUT2D eigenvalue weighted by Gasteiger charge is 2.34. The standard InChI is InChI=1S/C26H27FN4O/c1-18-7-8-21-17-22(27)9-11-24(21)31(18)26(32)20-13-15-30(16-14-20)25-12-10-23(28-29-25)19-5-3-2-4-6-19/h2-6,9-12,17-18,20H,7-8,13-16H2,1H3. The molecule has 0 bridgehead atoms. The smallest absolute Gasteiger partial charge is 0.230 e. The van der Waals surface area contributed by atoms with Gasteiger partial charge in [-0.2, -0.15) is 0 Å². The summed E-state index contributed by atoms with van der Waals surface area (Å²) >= 11 is 0. The quantitative estimate of drug-likeness (QED) is 0.595. The van der Waals surface area contributed by atoms with Crippen LogP contribution in [0.3, 0.4) is 0 Å². The summed E-state index contributed by atoms with van der Waals surface area (Å²) in [6.07, 6.45) is 3.24. The zero-order valence-corrected chi connectivity index (χ0v) is 18.2. The summed E-state index contributed by atoms with van der Waals surface area (Å²) in [6, 6.07) is 18.9. The van der Waals surface area contributed by atoms with Crippen LogP contribution >= 0.6 is 0 Å². The molecule has 0 N–H and O–H groups in total. The number of aryl methyl sites for hydroxylation is 1. The third-order valence-electron chi connectivity index (χ3n) is 6.70. The van der Waals surface area contributed by atoms with Crippen molar-refractivity contribution in [1.82, 2.24) is 10.2 Å². The minimum absolute atomic E-state index is 0.0266. The predicted molar refractivity (Wildman–Crippen MR) is 124 cm³/mol. The van der Waals surface area contributed by atoms with Gasteiger partial charge in [0.05, 0.1) is 5.69 Å². The Morgan fingerprint density at radius 3 is 2.47 bits per heavy atom. The fourth-order valence-corrected chi connectivity index (χ4v) is 4.87. The molecule has 32 heavy (non-hydrogen) atoms. The molecular weight excluding hydrogens is 403 g/mol. The van der Waals surface area contributed by atoms with Gasteiger partial charge in [0, 0.05) is 36.3 Å².